The average Bonchev–Trinajstić information content (AvgIpc) is 2.54. The summed E-state index contributed by atoms with van der Waals surface area (Å²) in [4.78, 5) is 0. The molecule has 3 nitrogen and oxygen atoms in total. The van der Waals surface area contributed by atoms with Gasteiger partial charge in [-0.3, -0.25) is 0 Å². The third-order valence-electron chi connectivity index (χ3n) is 4.01. The van der Waals surface area contributed by atoms with Crippen molar-refractivity contribution in [2.24, 2.45) is 0 Å². The van der Waals surface area contributed by atoms with Crippen LogP contribution in [0, 0.1) is 0 Å². The molecule has 0 aliphatic heterocycles. The molecule has 0 aliphatic carbocycles. The second-order valence-electron chi connectivity index (χ2n) is 6.31. The van der Waals surface area contributed by atoms with Crippen LogP contribution in [-0.4, -0.2) is 30.0 Å². The van der Waals surface area contributed by atoms with Crippen LogP contribution in [0.2, 0.25) is 10.0 Å². The van der Waals surface area contributed by atoms with E-state index in [2.05, 4.69) is 6.92 Å². The van der Waals surface area contributed by atoms with Gasteiger partial charge in [-0.1, -0.05) is 81.5 Å². The van der Waals surface area contributed by atoms with Gasteiger partial charge in [-0.2, -0.15) is 0 Å². The highest BCUT2D eigenvalue weighted by atomic mass is 35.5. The molecule has 0 amide bonds. The Labute approximate surface area is 156 Å². The number of hydrogen-bond donors (Lipinski definition) is 2. The van der Waals surface area contributed by atoms with E-state index in [0.717, 1.165) is 12.8 Å². The minimum absolute atomic E-state index is 0.0990. The number of hydrogen-bond acceptors (Lipinski definition) is 3. The molecule has 6 heteroatoms. The Morgan fingerprint density at radius 3 is 2.08 bits per heavy atom. The summed E-state index contributed by atoms with van der Waals surface area (Å²) in [5, 5.41) is 20.8. The highest BCUT2D eigenvalue weighted by Gasteiger charge is 2.19. The van der Waals surface area contributed by atoms with Crippen molar-refractivity contribution in [1.82, 2.24) is 0 Å². The molecule has 1 unspecified atom stereocenters. The highest BCUT2D eigenvalue weighted by molar-refractivity contribution is 6.60. The third kappa shape index (κ3) is 9.90. The number of rotatable bonds is 13. The first-order chi connectivity index (χ1) is 11.5. The van der Waals surface area contributed by atoms with Crippen LogP contribution in [0.15, 0.2) is 18.2 Å². The third-order valence-corrected chi connectivity index (χ3v) is 4.44. The molecule has 1 atom stereocenters. The Bertz CT molecular complexity index is 440. The first kappa shape index (κ1) is 21.8. The van der Waals surface area contributed by atoms with Gasteiger partial charge in [0.1, 0.15) is 0 Å². The topological polar surface area (TPSA) is 49.7 Å². The number of benzene rings is 1. The largest absolute Gasteiger partial charge is 0.491 e. The maximum atomic E-state index is 9.98. The van der Waals surface area contributed by atoms with Crippen molar-refractivity contribution in [1.29, 1.82) is 0 Å². The predicted molar refractivity (Wildman–Crippen MR) is 103 cm³/mol. The van der Waals surface area contributed by atoms with E-state index in [-0.39, 0.29) is 6.61 Å². The molecule has 0 saturated heterocycles. The van der Waals surface area contributed by atoms with Crippen LogP contribution in [0.25, 0.3) is 0 Å². The lowest BCUT2D eigenvalue weighted by atomic mass is 9.79. The Morgan fingerprint density at radius 1 is 0.958 bits per heavy atom. The molecule has 0 aliphatic rings. The zero-order valence-corrected chi connectivity index (χ0v) is 16.0. The molecule has 136 valence electrons. The summed E-state index contributed by atoms with van der Waals surface area (Å²) >= 11 is 11.8. The van der Waals surface area contributed by atoms with Gasteiger partial charge in [0.2, 0.25) is 0 Å². The zero-order chi connectivity index (χ0) is 17.8. The molecule has 0 spiro atoms. The van der Waals surface area contributed by atoms with Gasteiger partial charge in [0.25, 0.3) is 0 Å². The van der Waals surface area contributed by atoms with E-state index < -0.39 is 13.2 Å². The van der Waals surface area contributed by atoms with E-state index in [1.807, 2.05) is 0 Å². The van der Waals surface area contributed by atoms with Crippen molar-refractivity contribution in [2.45, 2.75) is 70.8 Å². The Balaban J connectivity index is 2.11. The number of unbranched alkanes of at least 4 members (excludes halogenated alkanes) is 7. The summed E-state index contributed by atoms with van der Waals surface area (Å²) in [6, 6.07) is 4.79. The fraction of sp³-hybridized carbons (Fsp3) is 0.667. The summed E-state index contributed by atoms with van der Waals surface area (Å²) in [6.07, 6.45) is 10.0. The summed E-state index contributed by atoms with van der Waals surface area (Å²) in [7, 11) is -1.13. The Morgan fingerprint density at radius 2 is 1.50 bits per heavy atom. The van der Waals surface area contributed by atoms with E-state index in [4.69, 9.17) is 27.9 Å². The maximum absolute atomic E-state index is 9.98. The van der Waals surface area contributed by atoms with Crippen LogP contribution in [0.3, 0.4) is 0 Å². The molecule has 0 heterocycles. The number of aliphatic hydroxyl groups is 1. The molecule has 1 aromatic rings. The summed E-state index contributed by atoms with van der Waals surface area (Å²) in [5.74, 6) is 0. The molecule has 1 rings (SSSR count). The normalized spacial score (nSPS) is 12.4. The van der Waals surface area contributed by atoms with Gasteiger partial charge in [0.15, 0.2) is 0 Å². The van der Waals surface area contributed by atoms with Crippen LogP contribution < -0.4 is 5.46 Å². The summed E-state index contributed by atoms with van der Waals surface area (Å²) < 4.78 is 5.31. The molecule has 0 aromatic heterocycles. The molecule has 0 bridgehead atoms. The fourth-order valence-electron chi connectivity index (χ4n) is 2.61. The molecule has 1 aromatic carbocycles. The number of aliphatic hydroxyl groups excluding tert-OH is 1. The number of halogens is 2. The smallest absolute Gasteiger partial charge is 0.423 e. The van der Waals surface area contributed by atoms with Crippen molar-refractivity contribution >= 4 is 35.8 Å². The van der Waals surface area contributed by atoms with E-state index in [9.17, 15) is 10.1 Å². The molecule has 2 N–H and O–H groups in total. The summed E-state index contributed by atoms with van der Waals surface area (Å²) in [6.45, 7) is 2.32. The predicted octanol–water partition coefficient (Wildman–Crippen LogP) is 4.59. The average molecular weight is 375 g/mol. The SMILES string of the molecule is CCCCCCCCCCC(O)COB(O)c1cc(Cl)cc(Cl)c1. The lowest BCUT2D eigenvalue weighted by molar-refractivity contribution is 0.0887. The fourth-order valence-corrected chi connectivity index (χ4v) is 3.16. The van der Waals surface area contributed by atoms with Gasteiger partial charge in [0.05, 0.1) is 12.7 Å². The van der Waals surface area contributed by atoms with Gasteiger partial charge in [-0.15, -0.1) is 0 Å². The van der Waals surface area contributed by atoms with E-state index >= 15 is 0 Å². The van der Waals surface area contributed by atoms with Crippen LogP contribution in [0.5, 0.6) is 0 Å². The summed E-state index contributed by atoms with van der Waals surface area (Å²) in [5.41, 5.74) is 0.492. The van der Waals surface area contributed by atoms with Crippen LogP contribution in [0.4, 0.5) is 0 Å². The molecular formula is C18H29BCl2O3. The maximum Gasteiger partial charge on any atom is 0.491 e. The van der Waals surface area contributed by atoms with E-state index in [1.165, 1.54) is 38.5 Å². The van der Waals surface area contributed by atoms with Crippen LogP contribution in [-0.2, 0) is 4.65 Å². The quantitative estimate of drug-likeness (QED) is 0.392. The first-order valence-corrected chi connectivity index (χ1v) is 9.72. The van der Waals surface area contributed by atoms with Crippen LogP contribution in [0.1, 0.15) is 64.7 Å². The molecule has 24 heavy (non-hydrogen) atoms. The monoisotopic (exact) mass is 374 g/mol. The second kappa shape index (κ2) is 13.0. The van der Waals surface area contributed by atoms with Crippen molar-refractivity contribution in [2.75, 3.05) is 6.61 Å². The lowest BCUT2D eigenvalue weighted by Crippen LogP contribution is -2.36. The lowest BCUT2D eigenvalue weighted by Gasteiger charge is -2.14. The van der Waals surface area contributed by atoms with Crippen molar-refractivity contribution in [3.05, 3.63) is 28.2 Å². The molecule has 0 radical (unpaired) electrons. The molecule has 0 fully saturated rings. The zero-order valence-electron chi connectivity index (χ0n) is 14.5. The van der Waals surface area contributed by atoms with Gasteiger partial charge in [-0.25, -0.2) is 0 Å². The van der Waals surface area contributed by atoms with Crippen LogP contribution >= 0.6 is 23.2 Å². The van der Waals surface area contributed by atoms with Gasteiger partial charge in [-0.05, 0) is 30.1 Å². The van der Waals surface area contributed by atoms with Crippen molar-refractivity contribution in [3.8, 4) is 0 Å². The molecule has 0 saturated carbocycles. The second-order valence-corrected chi connectivity index (χ2v) is 7.18. The van der Waals surface area contributed by atoms with Gasteiger partial charge < -0.3 is 14.8 Å². The molecular weight excluding hydrogens is 346 g/mol. The minimum atomic E-state index is -1.13. The standard InChI is InChI=1S/C18H29BCl2O3/c1-2-3-4-5-6-7-8-9-10-18(22)14-24-19(23)15-11-16(20)13-17(21)12-15/h11-13,18,22-23H,2-10,14H2,1H3. The van der Waals surface area contributed by atoms with E-state index in [1.54, 1.807) is 18.2 Å². The van der Waals surface area contributed by atoms with Gasteiger partial charge >= 0.3 is 7.12 Å². The Kier molecular flexibility index (Phi) is 11.8. The minimum Gasteiger partial charge on any atom is -0.423 e. The van der Waals surface area contributed by atoms with E-state index in [0.29, 0.717) is 21.9 Å². The highest BCUT2D eigenvalue weighted by Crippen LogP contribution is 2.14. The first-order valence-electron chi connectivity index (χ1n) is 8.96. The van der Waals surface area contributed by atoms with Crippen molar-refractivity contribution in [3.63, 3.8) is 0 Å². The van der Waals surface area contributed by atoms with Gasteiger partial charge in [0, 0.05) is 10.0 Å². The Hall–Kier alpha value is -0.255. The van der Waals surface area contributed by atoms with Crippen molar-refractivity contribution < 1.29 is 14.8 Å².